The molecular formula is C39H43N5O5. The number of nitrogens with one attached hydrogen (secondary N) is 3. The summed E-state index contributed by atoms with van der Waals surface area (Å²) in [7, 11) is 0. The van der Waals surface area contributed by atoms with E-state index in [2.05, 4.69) is 20.5 Å². The number of piperidine rings is 1. The van der Waals surface area contributed by atoms with Gasteiger partial charge in [-0.15, -0.1) is 0 Å². The second-order valence-electron chi connectivity index (χ2n) is 13.0. The topological polar surface area (TPSA) is 121 Å². The quantitative estimate of drug-likeness (QED) is 0.152. The number of aromatic amines is 1. The van der Waals surface area contributed by atoms with Gasteiger partial charge in [0.05, 0.1) is 29.8 Å². The highest BCUT2D eigenvalue weighted by Gasteiger charge is 2.34. The van der Waals surface area contributed by atoms with Crippen molar-refractivity contribution in [1.82, 2.24) is 25.1 Å². The number of urea groups is 1. The van der Waals surface area contributed by atoms with Crippen LogP contribution in [0.5, 0.6) is 0 Å². The molecule has 0 bridgehead atoms. The summed E-state index contributed by atoms with van der Waals surface area (Å²) in [6.45, 7) is 3.37. The van der Waals surface area contributed by atoms with E-state index in [0.717, 1.165) is 71.3 Å². The monoisotopic (exact) mass is 661 g/mol. The zero-order chi connectivity index (χ0) is 33.6. The van der Waals surface area contributed by atoms with Crippen molar-refractivity contribution in [1.29, 1.82) is 0 Å². The van der Waals surface area contributed by atoms with Gasteiger partial charge < -0.3 is 35.1 Å². The Bertz CT molecular complexity index is 1880. The van der Waals surface area contributed by atoms with Crippen molar-refractivity contribution in [3.8, 4) is 0 Å². The predicted octanol–water partition coefficient (Wildman–Crippen LogP) is 5.70. The fourth-order valence-corrected chi connectivity index (χ4v) is 6.93. The van der Waals surface area contributed by atoms with Crippen LogP contribution in [0.25, 0.3) is 11.0 Å². The molecule has 0 spiro atoms. The maximum atomic E-state index is 12.8. The molecule has 0 aliphatic carbocycles. The Hall–Kier alpha value is -4.74. The summed E-state index contributed by atoms with van der Waals surface area (Å²) in [5, 5.41) is 15.4. The molecule has 3 atom stereocenters. The highest BCUT2D eigenvalue weighted by molar-refractivity contribution is 5.75. The number of hydrogen-bond acceptors (Lipinski definition) is 6. The van der Waals surface area contributed by atoms with E-state index in [1.54, 1.807) is 0 Å². The Balaban J connectivity index is 0.987. The molecule has 4 N–H and O–H groups in total. The number of fused-ring (bicyclic) bond motifs is 1. The van der Waals surface area contributed by atoms with Gasteiger partial charge in [-0.3, -0.25) is 4.57 Å². The van der Waals surface area contributed by atoms with Gasteiger partial charge in [0.2, 0.25) is 0 Å². The van der Waals surface area contributed by atoms with Crippen LogP contribution in [0.15, 0.2) is 108 Å². The molecule has 7 rings (SSSR count). The van der Waals surface area contributed by atoms with E-state index >= 15 is 0 Å². The molecule has 0 radical (unpaired) electrons. The number of H-pyrrole nitrogens is 1. The van der Waals surface area contributed by atoms with E-state index in [1.807, 2.05) is 108 Å². The molecule has 2 saturated heterocycles. The number of ether oxygens (including phenoxy) is 2. The second kappa shape index (κ2) is 15.2. The lowest BCUT2D eigenvalue weighted by Crippen LogP contribution is -2.43. The van der Waals surface area contributed by atoms with Gasteiger partial charge in [-0.25, -0.2) is 9.59 Å². The number of carbonyl (C=O) groups excluding carboxylic acids is 1. The number of rotatable bonds is 10. The summed E-state index contributed by atoms with van der Waals surface area (Å²) in [5.74, 6) is 0. The molecule has 2 aliphatic heterocycles. The molecule has 3 heterocycles. The fraction of sp³-hybridized carbons (Fsp3) is 0.333. The lowest BCUT2D eigenvalue weighted by molar-refractivity contribution is -0.253. The molecule has 4 aromatic carbocycles. The van der Waals surface area contributed by atoms with Gasteiger partial charge in [0.1, 0.15) is 0 Å². The van der Waals surface area contributed by atoms with E-state index < -0.39 is 6.29 Å². The van der Waals surface area contributed by atoms with Crippen LogP contribution in [0.1, 0.15) is 65.5 Å². The van der Waals surface area contributed by atoms with Gasteiger partial charge in [0.25, 0.3) is 0 Å². The summed E-state index contributed by atoms with van der Waals surface area (Å²) < 4.78 is 15.1. The number of imidazole rings is 1. The normalized spacial score (nSPS) is 20.3. The van der Waals surface area contributed by atoms with Crippen LogP contribution in [0.4, 0.5) is 4.79 Å². The Labute approximate surface area is 285 Å². The van der Waals surface area contributed by atoms with Crippen molar-refractivity contribution in [3.63, 3.8) is 0 Å². The number of benzene rings is 4. The number of carbonyl (C=O) groups is 1. The maximum absolute atomic E-state index is 12.8. The second-order valence-corrected chi connectivity index (χ2v) is 13.0. The van der Waals surface area contributed by atoms with Gasteiger partial charge in [-0.1, -0.05) is 91.0 Å². The number of likely N-dealkylation sites (tertiary alicyclic amines) is 1. The molecule has 2 fully saturated rings. The first-order valence-corrected chi connectivity index (χ1v) is 17.1. The number of amides is 2. The van der Waals surface area contributed by atoms with Crippen LogP contribution in [0, 0.1) is 0 Å². The van der Waals surface area contributed by atoms with E-state index in [0.29, 0.717) is 19.5 Å². The lowest BCUT2D eigenvalue weighted by Gasteiger charge is -2.40. The summed E-state index contributed by atoms with van der Waals surface area (Å²) >= 11 is 0. The average Bonchev–Trinajstić information content (AvgIpc) is 3.49. The largest absolute Gasteiger partial charge is 0.392 e. The van der Waals surface area contributed by atoms with Crippen molar-refractivity contribution < 1.29 is 19.4 Å². The minimum atomic E-state index is -0.556. The van der Waals surface area contributed by atoms with Crippen LogP contribution < -0.4 is 16.3 Å². The Morgan fingerprint density at radius 2 is 1.41 bits per heavy atom. The van der Waals surface area contributed by atoms with Gasteiger partial charge in [0, 0.05) is 50.7 Å². The highest BCUT2D eigenvalue weighted by atomic mass is 16.7. The van der Waals surface area contributed by atoms with Crippen LogP contribution in [0.2, 0.25) is 0 Å². The first kappa shape index (κ1) is 32.8. The summed E-state index contributed by atoms with van der Waals surface area (Å²) in [5.41, 5.74) is 6.64. The third-order valence-corrected chi connectivity index (χ3v) is 9.62. The molecule has 0 saturated carbocycles. The lowest BCUT2D eigenvalue weighted by atomic mass is 9.98. The summed E-state index contributed by atoms with van der Waals surface area (Å²) in [6, 6.07) is 33.5. The van der Waals surface area contributed by atoms with Gasteiger partial charge in [0.15, 0.2) is 6.29 Å². The van der Waals surface area contributed by atoms with Crippen molar-refractivity contribution in [2.75, 3.05) is 19.6 Å². The highest BCUT2D eigenvalue weighted by Crippen LogP contribution is 2.38. The Morgan fingerprint density at radius 3 is 2.12 bits per heavy atom. The molecule has 2 amide bonds. The number of aromatic nitrogens is 2. The zero-order valence-electron chi connectivity index (χ0n) is 27.5. The Morgan fingerprint density at radius 1 is 0.776 bits per heavy atom. The number of aliphatic hydroxyl groups is 1. The number of aliphatic hydroxyl groups excluding tert-OH is 1. The minimum Gasteiger partial charge on any atom is -0.392 e. The number of hydrogen-bond donors (Lipinski definition) is 4. The maximum Gasteiger partial charge on any atom is 0.326 e. The average molecular weight is 662 g/mol. The molecule has 10 nitrogen and oxygen atoms in total. The minimum absolute atomic E-state index is 0.00329. The summed E-state index contributed by atoms with van der Waals surface area (Å²) in [6.07, 6.45) is 1.69. The van der Waals surface area contributed by atoms with Crippen molar-refractivity contribution in [2.45, 2.75) is 63.5 Å². The fourth-order valence-electron chi connectivity index (χ4n) is 6.93. The molecular weight excluding hydrogens is 618 g/mol. The first-order chi connectivity index (χ1) is 24.0. The Kier molecular flexibility index (Phi) is 10.2. The molecule has 5 aromatic rings. The van der Waals surface area contributed by atoms with Crippen molar-refractivity contribution in [3.05, 3.63) is 141 Å². The molecule has 49 heavy (non-hydrogen) atoms. The zero-order valence-corrected chi connectivity index (χ0v) is 27.5. The smallest absolute Gasteiger partial charge is 0.326 e. The molecule has 254 valence electrons. The SMILES string of the molecule is O=C(NCc1ccccc1)NCc1ccc([C@@H]2O[C@H](CN3CCC(n4c(=O)[nH]c5ccccc54)CC3)C[C@H](c3ccc(CO)cc3)O2)cc1. The third kappa shape index (κ3) is 7.95. The molecule has 10 heteroatoms. The van der Waals surface area contributed by atoms with Crippen LogP contribution in [-0.2, 0) is 29.2 Å². The van der Waals surface area contributed by atoms with Gasteiger partial charge in [-0.2, -0.15) is 0 Å². The number of nitrogens with zero attached hydrogens (tertiary/aromatic N) is 2. The van der Waals surface area contributed by atoms with Gasteiger partial charge >= 0.3 is 11.7 Å². The first-order valence-electron chi connectivity index (χ1n) is 17.1. The van der Waals surface area contributed by atoms with E-state index in [1.165, 1.54) is 0 Å². The van der Waals surface area contributed by atoms with Gasteiger partial charge in [-0.05, 0) is 47.2 Å². The van der Waals surface area contributed by atoms with Crippen LogP contribution in [-0.4, -0.2) is 51.3 Å². The van der Waals surface area contributed by atoms with E-state index in [-0.39, 0.29) is 36.6 Å². The summed E-state index contributed by atoms with van der Waals surface area (Å²) in [4.78, 5) is 30.6. The van der Waals surface area contributed by atoms with Crippen LogP contribution in [0.3, 0.4) is 0 Å². The molecule has 1 aromatic heterocycles. The molecule has 0 unspecified atom stereocenters. The van der Waals surface area contributed by atoms with Crippen LogP contribution >= 0.6 is 0 Å². The molecule has 2 aliphatic rings. The van der Waals surface area contributed by atoms with E-state index in [9.17, 15) is 14.7 Å². The predicted molar refractivity (Wildman–Crippen MR) is 188 cm³/mol. The van der Waals surface area contributed by atoms with Crippen molar-refractivity contribution >= 4 is 17.1 Å². The van der Waals surface area contributed by atoms with Crippen molar-refractivity contribution in [2.24, 2.45) is 0 Å². The standard InChI is InChI=1S/C39H43N5O5/c45-26-29-12-14-30(15-13-29)36-22-33(25-43-20-18-32(19-21-43)44-35-9-5-4-8-34(35)42-39(44)47)48-37(49-36)31-16-10-28(11-17-31)24-41-38(46)40-23-27-6-2-1-3-7-27/h1-17,32-33,36-37,45H,18-26H2,(H,42,47)(H2,40,41,46)/t33-,36+,37+/m0/s1. The third-order valence-electron chi connectivity index (χ3n) is 9.62. The van der Waals surface area contributed by atoms with E-state index in [4.69, 9.17) is 9.47 Å². The number of para-hydroxylation sites is 2.